The first-order chi connectivity index (χ1) is 3.39. The zero-order chi connectivity index (χ0) is 5.11. The molecule has 38 valence electrons. The summed E-state index contributed by atoms with van der Waals surface area (Å²) in [4.78, 5) is 3.92. The van der Waals surface area contributed by atoms with E-state index in [1.54, 1.807) is 6.20 Å². The number of nitrogens with two attached hydrogens (primary N) is 1. The highest BCUT2D eigenvalue weighted by molar-refractivity contribution is 5.63. The van der Waals surface area contributed by atoms with Crippen LogP contribution in [0.2, 0.25) is 0 Å². The van der Waals surface area contributed by atoms with E-state index in [2.05, 4.69) is 17.2 Å². The van der Waals surface area contributed by atoms with Gasteiger partial charge in [0.25, 0.3) is 0 Å². The van der Waals surface area contributed by atoms with Gasteiger partial charge in [-0.2, -0.15) is 0 Å². The van der Waals surface area contributed by atoms with E-state index in [0.717, 1.165) is 0 Å². The van der Waals surface area contributed by atoms with E-state index in [9.17, 15) is 0 Å². The van der Waals surface area contributed by atoms with Crippen LogP contribution >= 0.6 is 0 Å². The maximum absolute atomic E-state index is 3.92. The van der Waals surface area contributed by atoms with Crippen LogP contribution in [0.1, 0.15) is 6.92 Å². The largest absolute Gasteiger partial charge is 0.312 e. The maximum Gasteiger partial charge on any atom is 0.123 e. The van der Waals surface area contributed by atoms with Crippen LogP contribution in [0.15, 0.2) is 17.4 Å². The normalized spacial score (nSPS) is 28.4. The van der Waals surface area contributed by atoms with Gasteiger partial charge in [-0.25, -0.2) is 0 Å². The molecule has 0 saturated heterocycles. The highest BCUT2D eigenvalue weighted by Gasteiger charge is 1.97. The van der Waals surface area contributed by atoms with Crippen molar-refractivity contribution < 1.29 is 5.32 Å². The Morgan fingerprint density at radius 3 is 2.86 bits per heavy atom. The Morgan fingerprint density at radius 1 is 1.71 bits per heavy atom. The zero-order valence-corrected chi connectivity index (χ0v) is 4.33. The lowest BCUT2D eigenvalue weighted by molar-refractivity contribution is -0.605. The summed E-state index contributed by atoms with van der Waals surface area (Å²) in [7, 11) is 0. The van der Waals surface area contributed by atoms with Gasteiger partial charge >= 0.3 is 0 Å². The summed E-state index contributed by atoms with van der Waals surface area (Å²) in [5.74, 6) is 0. The van der Waals surface area contributed by atoms with E-state index in [4.69, 9.17) is 0 Å². The van der Waals surface area contributed by atoms with Crippen molar-refractivity contribution in [2.24, 2.45) is 4.99 Å². The molecule has 0 amide bonds. The summed E-state index contributed by atoms with van der Waals surface area (Å²) in [6, 6.07) is 0.532. The molecule has 1 rings (SSSR count). The van der Waals surface area contributed by atoms with Gasteiger partial charge in [-0.05, 0) is 6.92 Å². The Hall–Kier alpha value is -0.630. The molecular formula is C5H9N2+. The molecule has 0 aromatic heterocycles. The van der Waals surface area contributed by atoms with Crippen molar-refractivity contribution in [1.29, 1.82) is 0 Å². The minimum atomic E-state index is 0.532. The van der Waals surface area contributed by atoms with E-state index >= 15 is 0 Å². The predicted octanol–water partition coefficient (Wildman–Crippen LogP) is -0.506. The van der Waals surface area contributed by atoms with Gasteiger partial charge in [0.1, 0.15) is 12.2 Å². The smallest absolute Gasteiger partial charge is 0.123 e. The summed E-state index contributed by atoms with van der Waals surface area (Å²) in [5, 5.41) is 2.10. The standard InChI is InChI=1S/C5H8N2/c1-5-4-6-2-3-7-5/h2-5,7H,1H3/p+1. The van der Waals surface area contributed by atoms with Crippen molar-refractivity contribution in [3.05, 3.63) is 12.4 Å². The van der Waals surface area contributed by atoms with Crippen LogP contribution in [0.3, 0.4) is 0 Å². The Kier molecular flexibility index (Phi) is 1.22. The Morgan fingerprint density at radius 2 is 2.57 bits per heavy atom. The van der Waals surface area contributed by atoms with E-state index in [1.165, 1.54) is 0 Å². The summed E-state index contributed by atoms with van der Waals surface area (Å²) >= 11 is 0. The fourth-order valence-electron chi connectivity index (χ4n) is 0.510. The topological polar surface area (TPSA) is 29.0 Å². The third-order valence-corrected chi connectivity index (χ3v) is 0.908. The number of hydrogen-bond acceptors (Lipinski definition) is 1. The van der Waals surface area contributed by atoms with Crippen LogP contribution in [-0.2, 0) is 0 Å². The highest BCUT2D eigenvalue weighted by atomic mass is 14.9. The minimum Gasteiger partial charge on any atom is -0.312 e. The van der Waals surface area contributed by atoms with Gasteiger partial charge in [0.15, 0.2) is 0 Å². The summed E-state index contributed by atoms with van der Waals surface area (Å²) in [6.45, 7) is 2.10. The molecule has 0 radical (unpaired) electrons. The Bertz CT molecular complexity index is 105. The molecule has 0 aliphatic carbocycles. The molecule has 0 bridgehead atoms. The lowest BCUT2D eigenvalue weighted by atomic mass is 10.4. The molecule has 0 fully saturated rings. The average molecular weight is 97.1 g/mol. The number of quaternary nitrogens is 1. The number of aliphatic imine (C=N–C) groups is 1. The van der Waals surface area contributed by atoms with Gasteiger partial charge < -0.3 is 5.32 Å². The third kappa shape index (κ3) is 1.12. The molecule has 2 N–H and O–H groups in total. The fraction of sp³-hybridized carbons (Fsp3) is 0.400. The van der Waals surface area contributed by atoms with Crippen molar-refractivity contribution >= 4 is 6.21 Å². The molecule has 0 saturated carbocycles. The lowest BCUT2D eigenvalue weighted by Crippen LogP contribution is -2.84. The molecule has 0 aromatic rings. The molecule has 7 heavy (non-hydrogen) atoms. The second-order valence-electron chi connectivity index (χ2n) is 1.69. The van der Waals surface area contributed by atoms with Crippen molar-refractivity contribution in [3.8, 4) is 0 Å². The van der Waals surface area contributed by atoms with Crippen molar-refractivity contribution in [2.45, 2.75) is 13.0 Å². The van der Waals surface area contributed by atoms with Crippen molar-refractivity contribution in [2.75, 3.05) is 0 Å². The minimum absolute atomic E-state index is 0.532. The predicted molar refractivity (Wildman–Crippen MR) is 29.0 cm³/mol. The lowest BCUT2D eigenvalue weighted by Gasteiger charge is -2.00. The van der Waals surface area contributed by atoms with Crippen LogP contribution in [0.25, 0.3) is 0 Å². The molecule has 1 aliphatic rings. The fourth-order valence-corrected chi connectivity index (χ4v) is 0.510. The summed E-state index contributed by atoms with van der Waals surface area (Å²) in [6.07, 6.45) is 5.67. The first-order valence-corrected chi connectivity index (χ1v) is 2.43. The van der Waals surface area contributed by atoms with Gasteiger partial charge in [-0.3, -0.25) is 4.99 Å². The monoisotopic (exact) mass is 97.1 g/mol. The van der Waals surface area contributed by atoms with E-state index in [-0.39, 0.29) is 0 Å². The second kappa shape index (κ2) is 1.89. The van der Waals surface area contributed by atoms with Gasteiger partial charge in [0.05, 0.1) is 12.4 Å². The molecule has 2 nitrogen and oxygen atoms in total. The number of rotatable bonds is 0. The van der Waals surface area contributed by atoms with Gasteiger partial charge in [0, 0.05) is 0 Å². The SMILES string of the molecule is CC1C=NC=C[NH2+]1. The van der Waals surface area contributed by atoms with Gasteiger partial charge in [-0.15, -0.1) is 0 Å². The quantitative estimate of drug-likeness (QED) is 0.422. The Labute approximate surface area is 42.9 Å². The zero-order valence-electron chi connectivity index (χ0n) is 4.33. The van der Waals surface area contributed by atoms with Crippen LogP contribution in [-0.4, -0.2) is 12.3 Å². The molecule has 2 heteroatoms. The van der Waals surface area contributed by atoms with Crippen LogP contribution < -0.4 is 5.32 Å². The highest BCUT2D eigenvalue weighted by Crippen LogP contribution is 1.74. The molecule has 0 spiro atoms. The summed E-state index contributed by atoms with van der Waals surface area (Å²) in [5.41, 5.74) is 0. The summed E-state index contributed by atoms with van der Waals surface area (Å²) < 4.78 is 0. The second-order valence-corrected chi connectivity index (χ2v) is 1.69. The first kappa shape index (κ1) is 4.53. The number of hydrogen-bond donors (Lipinski definition) is 1. The first-order valence-electron chi connectivity index (χ1n) is 2.43. The molecular weight excluding hydrogens is 88.1 g/mol. The van der Waals surface area contributed by atoms with Crippen molar-refractivity contribution in [1.82, 2.24) is 0 Å². The van der Waals surface area contributed by atoms with Gasteiger partial charge in [0.2, 0.25) is 0 Å². The maximum atomic E-state index is 3.92. The van der Waals surface area contributed by atoms with Crippen molar-refractivity contribution in [3.63, 3.8) is 0 Å². The van der Waals surface area contributed by atoms with Crippen LogP contribution in [0.4, 0.5) is 0 Å². The average Bonchev–Trinajstić information content (AvgIpc) is 1.69. The molecule has 1 unspecified atom stereocenters. The van der Waals surface area contributed by atoms with E-state index in [1.807, 2.05) is 12.4 Å². The van der Waals surface area contributed by atoms with Gasteiger partial charge in [-0.1, -0.05) is 0 Å². The molecule has 1 aliphatic heterocycles. The number of nitrogens with zero attached hydrogens (tertiary/aromatic N) is 1. The Balaban J connectivity index is 2.49. The molecule has 0 aromatic carbocycles. The molecule has 1 atom stereocenters. The molecule has 1 heterocycles. The third-order valence-electron chi connectivity index (χ3n) is 0.908. The van der Waals surface area contributed by atoms with E-state index in [0.29, 0.717) is 6.04 Å². The van der Waals surface area contributed by atoms with E-state index < -0.39 is 0 Å². The van der Waals surface area contributed by atoms with Crippen LogP contribution in [0.5, 0.6) is 0 Å². The van der Waals surface area contributed by atoms with Crippen LogP contribution in [0, 0.1) is 0 Å².